The average molecular weight is 256 g/mol. The maximum absolute atomic E-state index is 12.0. The second-order valence-corrected chi connectivity index (χ2v) is 4.75. The summed E-state index contributed by atoms with van der Waals surface area (Å²) >= 11 is 0. The number of ether oxygens (including phenoxy) is 1. The van der Waals surface area contributed by atoms with Crippen LogP contribution in [-0.2, 0) is 14.3 Å². The van der Waals surface area contributed by atoms with Crippen LogP contribution < -0.4 is 5.32 Å². The molecule has 5 nitrogen and oxygen atoms in total. The van der Waals surface area contributed by atoms with E-state index in [-0.39, 0.29) is 24.5 Å². The van der Waals surface area contributed by atoms with Crippen LogP contribution in [0.5, 0.6) is 0 Å². The number of rotatable bonds is 8. The number of carbonyl (C=O) groups excluding carboxylic acids is 2. The molecule has 0 aromatic rings. The molecule has 0 aromatic carbocycles. The molecule has 1 N–H and O–H groups in total. The van der Waals surface area contributed by atoms with E-state index in [0.29, 0.717) is 19.2 Å². The monoisotopic (exact) mass is 256 g/mol. The average Bonchev–Trinajstić information content (AvgIpc) is 3.17. The van der Waals surface area contributed by atoms with Gasteiger partial charge >= 0.3 is 5.97 Å². The molecule has 1 fully saturated rings. The molecule has 104 valence electrons. The minimum absolute atomic E-state index is 0.00847. The van der Waals surface area contributed by atoms with Gasteiger partial charge in [-0.2, -0.15) is 0 Å². The van der Waals surface area contributed by atoms with Crippen molar-refractivity contribution in [3.63, 3.8) is 0 Å². The summed E-state index contributed by atoms with van der Waals surface area (Å²) in [5.74, 6) is -0.327. The zero-order chi connectivity index (χ0) is 13.5. The lowest BCUT2D eigenvalue weighted by atomic mass is 10.2. The summed E-state index contributed by atoms with van der Waals surface area (Å²) in [4.78, 5) is 25.1. The predicted molar refractivity (Wildman–Crippen MR) is 69.1 cm³/mol. The number of amides is 1. The SMILES string of the molecule is CCOC(=O)CN(C(=O)CNC(C)CC)C1CC1. The van der Waals surface area contributed by atoms with Crippen LogP contribution in [-0.4, -0.2) is 48.6 Å². The zero-order valence-electron chi connectivity index (χ0n) is 11.6. The Hall–Kier alpha value is -1.10. The molecule has 1 saturated carbocycles. The molecule has 1 aliphatic rings. The van der Waals surface area contributed by atoms with Gasteiger partial charge in [0.25, 0.3) is 0 Å². The Morgan fingerprint density at radius 2 is 2.06 bits per heavy atom. The van der Waals surface area contributed by atoms with Crippen LogP contribution in [0, 0.1) is 0 Å². The first-order chi connectivity index (χ1) is 8.58. The number of hydrogen-bond donors (Lipinski definition) is 1. The minimum Gasteiger partial charge on any atom is -0.465 e. The molecule has 1 rings (SSSR count). The molecular weight excluding hydrogens is 232 g/mol. The Kier molecular flexibility index (Phi) is 6.12. The summed E-state index contributed by atoms with van der Waals surface area (Å²) in [5.41, 5.74) is 0. The number of nitrogens with zero attached hydrogens (tertiary/aromatic N) is 1. The van der Waals surface area contributed by atoms with Crippen LogP contribution in [0.4, 0.5) is 0 Å². The zero-order valence-corrected chi connectivity index (χ0v) is 11.6. The Balaban J connectivity index is 2.40. The van der Waals surface area contributed by atoms with Gasteiger partial charge in [-0.05, 0) is 33.1 Å². The maximum atomic E-state index is 12.0. The van der Waals surface area contributed by atoms with Crippen molar-refractivity contribution in [3.8, 4) is 0 Å². The Labute approximate surface area is 109 Å². The van der Waals surface area contributed by atoms with E-state index in [2.05, 4.69) is 12.2 Å². The highest BCUT2D eigenvalue weighted by Gasteiger charge is 2.33. The summed E-state index contributed by atoms with van der Waals surface area (Å²) in [6.07, 6.45) is 2.97. The summed E-state index contributed by atoms with van der Waals surface area (Å²) in [5, 5.41) is 3.16. The van der Waals surface area contributed by atoms with E-state index in [1.165, 1.54) is 0 Å². The second-order valence-electron chi connectivity index (χ2n) is 4.75. The smallest absolute Gasteiger partial charge is 0.325 e. The van der Waals surface area contributed by atoms with Crippen molar-refractivity contribution in [2.45, 2.75) is 52.1 Å². The van der Waals surface area contributed by atoms with E-state index >= 15 is 0 Å². The molecule has 0 aliphatic heterocycles. The number of carbonyl (C=O) groups is 2. The summed E-state index contributed by atoms with van der Waals surface area (Å²) in [7, 11) is 0. The van der Waals surface area contributed by atoms with Crippen molar-refractivity contribution in [1.82, 2.24) is 10.2 Å². The van der Waals surface area contributed by atoms with Gasteiger partial charge in [-0.15, -0.1) is 0 Å². The number of hydrogen-bond acceptors (Lipinski definition) is 4. The first-order valence-corrected chi connectivity index (χ1v) is 6.76. The number of nitrogens with one attached hydrogen (secondary N) is 1. The highest BCUT2D eigenvalue weighted by Crippen LogP contribution is 2.26. The van der Waals surface area contributed by atoms with Crippen molar-refractivity contribution in [3.05, 3.63) is 0 Å². The highest BCUT2D eigenvalue weighted by molar-refractivity contribution is 5.84. The fraction of sp³-hybridized carbons (Fsp3) is 0.846. The largest absolute Gasteiger partial charge is 0.465 e. The first-order valence-electron chi connectivity index (χ1n) is 6.76. The normalized spacial score (nSPS) is 16.2. The molecule has 1 unspecified atom stereocenters. The van der Waals surface area contributed by atoms with E-state index in [9.17, 15) is 9.59 Å². The molecule has 0 saturated heterocycles. The van der Waals surface area contributed by atoms with Gasteiger partial charge in [-0.1, -0.05) is 6.92 Å². The van der Waals surface area contributed by atoms with Crippen LogP contribution in [0.25, 0.3) is 0 Å². The second kappa shape index (κ2) is 7.36. The van der Waals surface area contributed by atoms with Gasteiger partial charge in [0.1, 0.15) is 6.54 Å². The topological polar surface area (TPSA) is 58.6 Å². The molecular formula is C13H24N2O3. The Bertz CT molecular complexity index is 290. The fourth-order valence-corrected chi connectivity index (χ4v) is 1.66. The van der Waals surface area contributed by atoms with Gasteiger partial charge in [0.15, 0.2) is 0 Å². The van der Waals surface area contributed by atoms with E-state index in [1.54, 1.807) is 11.8 Å². The molecule has 18 heavy (non-hydrogen) atoms. The van der Waals surface area contributed by atoms with Gasteiger partial charge in [-0.3, -0.25) is 9.59 Å². The van der Waals surface area contributed by atoms with Gasteiger partial charge < -0.3 is 15.0 Å². The number of esters is 1. The molecule has 0 heterocycles. The molecule has 0 aromatic heterocycles. The quantitative estimate of drug-likeness (QED) is 0.656. The molecule has 0 radical (unpaired) electrons. The molecule has 1 amide bonds. The van der Waals surface area contributed by atoms with E-state index < -0.39 is 0 Å². The van der Waals surface area contributed by atoms with Gasteiger partial charge in [-0.25, -0.2) is 0 Å². The van der Waals surface area contributed by atoms with Crippen LogP contribution in [0.1, 0.15) is 40.0 Å². The van der Waals surface area contributed by atoms with Crippen molar-refractivity contribution in [2.75, 3.05) is 19.7 Å². The van der Waals surface area contributed by atoms with Crippen LogP contribution in [0.15, 0.2) is 0 Å². The molecule has 0 spiro atoms. The van der Waals surface area contributed by atoms with Gasteiger partial charge in [0, 0.05) is 12.1 Å². The predicted octanol–water partition coefficient (Wildman–Crippen LogP) is 0.929. The molecule has 1 aliphatic carbocycles. The molecule has 1 atom stereocenters. The van der Waals surface area contributed by atoms with E-state index in [1.807, 2.05) is 6.92 Å². The standard InChI is InChI=1S/C13H24N2O3/c1-4-10(3)14-8-12(16)15(11-6-7-11)9-13(17)18-5-2/h10-11,14H,4-9H2,1-3H3. The van der Waals surface area contributed by atoms with Gasteiger partial charge in [0.2, 0.25) is 5.91 Å². The lowest BCUT2D eigenvalue weighted by Gasteiger charge is -2.22. The van der Waals surface area contributed by atoms with Crippen LogP contribution in [0.3, 0.4) is 0 Å². The minimum atomic E-state index is -0.318. The third-order valence-corrected chi connectivity index (χ3v) is 3.13. The lowest BCUT2D eigenvalue weighted by Crippen LogP contribution is -2.44. The first kappa shape index (κ1) is 15.0. The van der Waals surface area contributed by atoms with Gasteiger partial charge in [0.05, 0.1) is 13.2 Å². The van der Waals surface area contributed by atoms with Crippen molar-refractivity contribution >= 4 is 11.9 Å². The summed E-state index contributed by atoms with van der Waals surface area (Å²) in [6, 6.07) is 0.554. The third-order valence-electron chi connectivity index (χ3n) is 3.13. The van der Waals surface area contributed by atoms with Crippen molar-refractivity contribution < 1.29 is 14.3 Å². The maximum Gasteiger partial charge on any atom is 0.325 e. The van der Waals surface area contributed by atoms with Crippen LogP contribution >= 0.6 is 0 Å². The van der Waals surface area contributed by atoms with Crippen LogP contribution in [0.2, 0.25) is 0 Å². The lowest BCUT2D eigenvalue weighted by molar-refractivity contribution is -0.149. The molecule has 5 heteroatoms. The highest BCUT2D eigenvalue weighted by atomic mass is 16.5. The van der Waals surface area contributed by atoms with E-state index in [0.717, 1.165) is 19.3 Å². The molecule has 0 bridgehead atoms. The Morgan fingerprint density at radius 1 is 1.39 bits per heavy atom. The summed E-state index contributed by atoms with van der Waals surface area (Å²) in [6.45, 7) is 6.62. The third kappa shape index (κ3) is 5.04. The van der Waals surface area contributed by atoms with E-state index in [4.69, 9.17) is 4.74 Å². The fourth-order valence-electron chi connectivity index (χ4n) is 1.66. The Morgan fingerprint density at radius 3 is 2.56 bits per heavy atom. The van der Waals surface area contributed by atoms with Crippen molar-refractivity contribution in [2.24, 2.45) is 0 Å². The summed E-state index contributed by atoms with van der Waals surface area (Å²) < 4.78 is 4.89. The van der Waals surface area contributed by atoms with Crippen molar-refractivity contribution in [1.29, 1.82) is 0 Å².